The minimum absolute atomic E-state index is 0.0588. The van der Waals surface area contributed by atoms with Gasteiger partial charge in [-0.15, -0.1) is 0 Å². The molecule has 1 aromatic rings. The molecule has 5 nitrogen and oxygen atoms in total. The number of ether oxygens (including phenoxy) is 2. The van der Waals surface area contributed by atoms with Gasteiger partial charge >= 0.3 is 5.97 Å². The van der Waals surface area contributed by atoms with Crippen LogP contribution in [-0.4, -0.2) is 41.0 Å². The lowest BCUT2D eigenvalue weighted by Crippen LogP contribution is -2.31. The number of hydrogen-bond donors (Lipinski definition) is 0. The van der Waals surface area contributed by atoms with E-state index in [0.29, 0.717) is 31.1 Å². The molecule has 1 atom stereocenters. The van der Waals surface area contributed by atoms with E-state index in [9.17, 15) is 13.2 Å². The minimum atomic E-state index is -3.39. The molecule has 0 bridgehead atoms. The molecule has 7 heteroatoms. The first-order valence-electron chi connectivity index (χ1n) is 6.48. The molecule has 0 radical (unpaired) electrons. The number of benzene rings is 1. The average molecular weight is 333 g/mol. The lowest BCUT2D eigenvalue weighted by molar-refractivity contribution is -0.144. The molecule has 1 aromatic carbocycles. The molecular weight excluding hydrogens is 316 g/mol. The molecule has 0 aromatic heterocycles. The Balaban J connectivity index is 2.31. The summed E-state index contributed by atoms with van der Waals surface area (Å²) >= 11 is 6.03. The monoisotopic (exact) mass is 332 g/mol. The van der Waals surface area contributed by atoms with Crippen LogP contribution in [0.1, 0.15) is 17.9 Å². The van der Waals surface area contributed by atoms with Gasteiger partial charge in [0.1, 0.15) is 0 Å². The Morgan fingerprint density at radius 1 is 1.48 bits per heavy atom. The van der Waals surface area contributed by atoms with Crippen LogP contribution in [0.15, 0.2) is 23.1 Å². The Labute approximate surface area is 129 Å². The molecule has 1 unspecified atom stereocenters. The first-order chi connectivity index (χ1) is 9.82. The van der Waals surface area contributed by atoms with Crippen molar-refractivity contribution in [2.75, 3.05) is 26.6 Å². The third-order valence-electron chi connectivity index (χ3n) is 3.52. The maximum atomic E-state index is 12.0. The van der Waals surface area contributed by atoms with Crippen LogP contribution in [-0.2, 0) is 24.1 Å². The SMILES string of the molecule is COC(=O)C(CC1COC1)c1ccc(S(C)(=O)=O)c(Cl)c1. The molecule has 1 saturated heterocycles. The van der Waals surface area contributed by atoms with E-state index < -0.39 is 15.8 Å². The van der Waals surface area contributed by atoms with Crippen molar-refractivity contribution in [3.05, 3.63) is 28.8 Å². The average Bonchev–Trinajstić information content (AvgIpc) is 2.35. The molecule has 0 spiro atoms. The van der Waals surface area contributed by atoms with Crippen LogP contribution in [0.3, 0.4) is 0 Å². The van der Waals surface area contributed by atoms with Crippen LogP contribution < -0.4 is 0 Å². The van der Waals surface area contributed by atoms with Crippen LogP contribution in [0.4, 0.5) is 0 Å². The zero-order chi connectivity index (χ0) is 15.6. The molecule has 0 amide bonds. The molecule has 0 aliphatic carbocycles. The van der Waals surface area contributed by atoms with E-state index in [1.165, 1.54) is 19.2 Å². The van der Waals surface area contributed by atoms with Crippen molar-refractivity contribution in [2.24, 2.45) is 5.92 Å². The van der Waals surface area contributed by atoms with Gasteiger partial charge in [-0.25, -0.2) is 8.42 Å². The number of esters is 1. The maximum absolute atomic E-state index is 12.0. The highest BCUT2D eigenvalue weighted by Crippen LogP contribution is 2.32. The summed E-state index contributed by atoms with van der Waals surface area (Å²) in [7, 11) is -2.05. The number of methoxy groups -OCH3 is 1. The molecule has 21 heavy (non-hydrogen) atoms. The zero-order valence-electron chi connectivity index (χ0n) is 11.8. The van der Waals surface area contributed by atoms with Gasteiger partial charge in [0.2, 0.25) is 0 Å². The molecule has 2 rings (SSSR count). The summed E-state index contributed by atoms with van der Waals surface area (Å²) in [5.74, 6) is -0.512. The van der Waals surface area contributed by atoms with Crippen molar-refractivity contribution < 1.29 is 22.7 Å². The van der Waals surface area contributed by atoms with Crippen molar-refractivity contribution in [3.63, 3.8) is 0 Å². The quantitative estimate of drug-likeness (QED) is 0.772. The van der Waals surface area contributed by atoms with E-state index in [1.807, 2.05) is 0 Å². The first kappa shape index (κ1) is 16.3. The maximum Gasteiger partial charge on any atom is 0.313 e. The highest BCUT2D eigenvalue weighted by atomic mass is 35.5. The topological polar surface area (TPSA) is 69.7 Å². The predicted molar refractivity (Wildman–Crippen MR) is 78.2 cm³/mol. The summed E-state index contributed by atoms with van der Waals surface area (Å²) in [6, 6.07) is 4.57. The van der Waals surface area contributed by atoms with Crippen LogP contribution in [0, 0.1) is 5.92 Å². The fourth-order valence-electron chi connectivity index (χ4n) is 2.30. The van der Waals surface area contributed by atoms with Gasteiger partial charge in [-0.2, -0.15) is 0 Å². The van der Waals surface area contributed by atoms with Crippen molar-refractivity contribution in [2.45, 2.75) is 17.2 Å². The third-order valence-corrected chi connectivity index (χ3v) is 5.10. The fraction of sp³-hybridized carbons (Fsp3) is 0.500. The molecule has 116 valence electrons. The normalized spacial score (nSPS) is 17.1. The Morgan fingerprint density at radius 2 is 2.14 bits per heavy atom. The summed E-state index contributed by atoms with van der Waals surface area (Å²) in [5.41, 5.74) is 0.658. The minimum Gasteiger partial charge on any atom is -0.469 e. The van der Waals surface area contributed by atoms with Gasteiger partial charge in [0.15, 0.2) is 9.84 Å². The summed E-state index contributed by atoms with van der Waals surface area (Å²) in [5, 5.41) is 0.119. The highest BCUT2D eigenvalue weighted by Gasteiger charge is 2.30. The number of halogens is 1. The van der Waals surface area contributed by atoms with Gasteiger partial charge in [-0.1, -0.05) is 17.7 Å². The Bertz CT molecular complexity index is 637. The van der Waals surface area contributed by atoms with Crippen molar-refractivity contribution >= 4 is 27.4 Å². The molecule has 1 aliphatic heterocycles. The lowest BCUT2D eigenvalue weighted by atomic mass is 9.88. The van der Waals surface area contributed by atoms with Gasteiger partial charge in [0, 0.05) is 12.2 Å². The largest absolute Gasteiger partial charge is 0.469 e. The number of sulfone groups is 1. The van der Waals surface area contributed by atoms with Crippen LogP contribution in [0.2, 0.25) is 5.02 Å². The van der Waals surface area contributed by atoms with E-state index in [2.05, 4.69) is 0 Å². The smallest absolute Gasteiger partial charge is 0.313 e. The van der Waals surface area contributed by atoms with E-state index in [1.54, 1.807) is 6.07 Å². The number of carbonyl (C=O) groups is 1. The van der Waals surface area contributed by atoms with Gasteiger partial charge < -0.3 is 9.47 Å². The first-order valence-corrected chi connectivity index (χ1v) is 8.75. The summed E-state index contributed by atoms with van der Waals surface area (Å²) in [6.45, 7) is 1.26. The Hall–Kier alpha value is -1.11. The van der Waals surface area contributed by atoms with E-state index in [-0.39, 0.29) is 15.9 Å². The number of hydrogen-bond acceptors (Lipinski definition) is 5. The van der Waals surface area contributed by atoms with Crippen LogP contribution in [0.5, 0.6) is 0 Å². The summed E-state index contributed by atoms with van der Waals surface area (Å²) < 4.78 is 33.1. The second-order valence-electron chi connectivity index (χ2n) is 5.18. The van der Waals surface area contributed by atoms with Gasteiger partial charge in [-0.05, 0) is 24.1 Å². The van der Waals surface area contributed by atoms with Crippen LogP contribution >= 0.6 is 11.6 Å². The second-order valence-corrected chi connectivity index (χ2v) is 7.57. The fourth-order valence-corrected chi connectivity index (χ4v) is 3.64. The zero-order valence-corrected chi connectivity index (χ0v) is 13.4. The summed E-state index contributed by atoms with van der Waals surface area (Å²) in [4.78, 5) is 12.0. The standard InChI is InChI=1S/C14H17ClO5S/c1-19-14(16)11(5-9-7-20-8-9)10-3-4-13(12(15)6-10)21(2,17)18/h3-4,6,9,11H,5,7-8H2,1-2H3. The molecule has 1 aliphatic rings. The van der Waals surface area contributed by atoms with Crippen molar-refractivity contribution in [3.8, 4) is 0 Å². The van der Waals surface area contributed by atoms with E-state index in [0.717, 1.165) is 6.26 Å². The van der Waals surface area contributed by atoms with Crippen LogP contribution in [0.25, 0.3) is 0 Å². The lowest BCUT2D eigenvalue weighted by Gasteiger charge is -2.29. The molecular formula is C14H17ClO5S. The third kappa shape index (κ3) is 3.75. The molecule has 1 heterocycles. The second kappa shape index (κ2) is 6.34. The summed E-state index contributed by atoms with van der Waals surface area (Å²) in [6.07, 6.45) is 1.69. The molecule has 0 saturated carbocycles. The Morgan fingerprint density at radius 3 is 2.57 bits per heavy atom. The highest BCUT2D eigenvalue weighted by molar-refractivity contribution is 7.90. The van der Waals surface area contributed by atoms with Gasteiger partial charge in [-0.3, -0.25) is 4.79 Å². The van der Waals surface area contributed by atoms with E-state index >= 15 is 0 Å². The number of carbonyl (C=O) groups excluding carboxylic acids is 1. The van der Waals surface area contributed by atoms with Crippen molar-refractivity contribution in [1.29, 1.82) is 0 Å². The predicted octanol–water partition coefficient (Wildman–Crippen LogP) is 2.04. The molecule has 0 N–H and O–H groups in total. The van der Waals surface area contributed by atoms with Gasteiger partial charge in [0.25, 0.3) is 0 Å². The molecule has 1 fully saturated rings. The van der Waals surface area contributed by atoms with E-state index in [4.69, 9.17) is 21.1 Å². The van der Waals surface area contributed by atoms with Gasteiger partial charge in [0.05, 0.1) is 36.2 Å². The number of rotatable bonds is 5. The Kier molecular flexibility index (Phi) is 4.91. The van der Waals surface area contributed by atoms with Crippen molar-refractivity contribution in [1.82, 2.24) is 0 Å².